The minimum Gasteiger partial charge on any atom is -0.385 e. The summed E-state index contributed by atoms with van der Waals surface area (Å²) in [7, 11) is 0. The maximum atomic E-state index is 11.0. The first-order valence-electron chi connectivity index (χ1n) is 6.69. The Morgan fingerprint density at radius 1 is 1.00 bits per heavy atom. The normalized spacial score (nSPS) is 10.7. The van der Waals surface area contributed by atoms with Crippen LogP contribution in [0, 0.1) is 20.2 Å². The number of hydrogen-bond acceptors (Lipinski definition) is 7. The Balaban J connectivity index is 2.27. The van der Waals surface area contributed by atoms with Gasteiger partial charge in [0.25, 0.3) is 5.69 Å². The van der Waals surface area contributed by atoms with E-state index in [1.54, 1.807) is 12.1 Å². The van der Waals surface area contributed by atoms with Gasteiger partial charge < -0.3 is 5.32 Å². The smallest absolute Gasteiger partial charge is 0.303 e. The molecule has 1 N–H and O–H groups in total. The Hall–Kier alpha value is -3.36. The quantitative estimate of drug-likeness (QED) is 0.482. The van der Waals surface area contributed by atoms with Gasteiger partial charge in [-0.05, 0) is 37.3 Å². The van der Waals surface area contributed by atoms with Gasteiger partial charge in [0, 0.05) is 18.3 Å². The molecule has 0 saturated carbocycles. The van der Waals surface area contributed by atoms with Crippen LogP contribution in [-0.2, 0) is 0 Å². The first kappa shape index (κ1) is 16.0. The van der Waals surface area contributed by atoms with Gasteiger partial charge in [-0.1, -0.05) is 0 Å². The summed E-state index contributed by atoms with van der Waals surface area (Å²) in [6.45, 7) is 2.76. The summed E-state index contributed by atoms with van der Waals surface area (Å²) in [4.78, 5) is 20.2. The Morgan fingerprint density at radius 3 is 2.26 bits per heavy atom. The van der Waals surface area contributed by atoms with Crippen molar-refractivity contribution in [2.75, 3.05) is 11.9 Å². The second kappa shape index (κ2) is 7.07. The molecule has 0 heterocycles. The van der Waals surface area contributed by atoms with Crippen molar-refractivity contribution in [3.05, 3.63) is 62.7 Å². The summed E-state index contributed by atoms with van der Waals surface area (Å²) in [5, 5.41) is 32.5. The third kappa shape index (κ3) is 4.06. The minimum atomic E-state index is -0.727. The molecule has 2 aromatic rings. The fourth-order valence-corrected chi connectivity index (χ4v) is 1.82. The van der Waals surface area contributed by atoms with E-state index in [1.807, 2.05) is 19.1 Å². The molecule has 0 aliphatic heterocycles. The molecular formula is C14H13N5O4. The minimum absolute atomic E-state index is 0.0450. The summed E-state index contributed by atoms with van der Waals surface area (Å²) < 4.78 is 0. The number of non-ortho nitro benzene ring substituents is 1. The summed E-state index contributed by atoms with van der Waals surface area (Å²) in [5.41, 5.74) is 0.557. The van der Waals surface area contributed by atoms with Gasteiger partial charge >= 0.3 is 5.69 Å². The molecule has 118 valence electrons. The van der Waals surface area contributed by atoms with Crippen molar-refractivity contribution in [2.45, 2.75) is 6.92 Å². The van der Waals surface area contributed by atoms with Crippen molar-refractivity contribution in [2.24, 2.45) is 10.2 Å². The number of rotatable bonds is 6. The number of azo groups is 1. The standard InChI is InChI=1S/C14H13N5O4/c1-2-15-10-3-5-11(6-4-10)16-17-13-8-7-12(18(20)21)9-14(13)19(22)23/h3-9,15H,2H2,1H3/b17-16+. The zero-order valence-corrected chi connectivity index (χ0v) is 12.2. The van der Waals surface area contributed by atoms with E-state index in [4.69, 9.17) is 0 Å². The number of hydrogen-bond donors (Lipinski definition) is 1. The van der Waals surface area contributed by atoms with Gasteiger partial charge in [0.2, 0.25) is 0 Å². The average Bonchev–Trinajstić information content (AvgIpc) is 2.54. The number of nitro groups is 2. The van der Waals surface area contributed by atoms with Gasteiger partial charge in [0.15, 0.2) is 5.69 Å². The van der Waals surface area contributed by atoms with Crippen LogP contribution >= 0.6 is 0 Å². The molecule has 9 heteroatoms. The van der Waals surface area contributed by atoms with Crippen LogP contribution in [0.2, 0.25) is 0 Å². The van der Waals surface area contributed by atoms with Crippen molar-refractivity contribution < 1.29 is 9.85 Å². The molecule has 0 saturated heterocycles. The number of nitrogens with zero attached hydrogens (tertiary/aromatic N) is 4. The van der Waals surface area contributed by atoms with E-state index in [1.165, 1.54) is 6.07 Å². The van der Waals surface area contributed by atoms with Crippen LogP contribution < -0.4 is 5.32 Å². The molecule has 0 atom stereocenters. The fourth-order valence-electron chi connectivity index (χ4n) is 1.82. The Kier molecular flexibility index (Phi) is 4.92. The highest BCUT2D eigenvalue weighted by molar-refractivity contribution is 5.62. The SMILES string of the molecule is CCNc1ccc(/N=N/c2ccc([N+](=O)[O-])cc2[N+](=O)[O-])cc1. The third-order valence-electron chi connectivity index (χ3n) is 2.89. The average molecular weight is 315 g/mol. The van der Waals surface area contributed by atoms with E-state index in [9.17, 15) is 20.2 Å². The maximum absolute atomic E-state index is 11.0. The number of nitrogens with one attached hydrogen (secondary N) is 1. The fraction of sp³-hybridized carbons (Fsp3) is 0.143. The lowest BCUT2D eigenvalue weighted by Crippen LogP contribution is -1.94. The molecule has 0 radical (unpaired) electrons. The topological polar surface area (TPSA) is 123 Å². The molecule has 2 aromatic carbocycles. The number of anilines is 1. The summed E-state index contributed by atoms with van der Waals surface area (Å²) in [5.74, 6) is 0. The first-order valence-corrected chi connectivity index (χ1v) is 6.69. The largest absolute Gasteiger partial charge is 0.385 e. The molecule has 23 heavy (non-hydrogen) atoms. The maximum Gasteiger partial charge on any atom is 0.303 e. The van der Waals surface area contributed by atoms with E-state index < -0.39 is 15.5 Å². The highest BCUT2D eigenvalue weighted by Gasteiger charge is 2.19. The molecule has 0 amide bonds. The first-order chi connectivity index (χ1) is 11.0. The van der Waals surface area contributed by atoms with E-state index in [2.05, 4.69) is 15.5 Å². The molecular weight excluding hydrogens is 302 g/mol. The lowest BCUT2D eigenvalue weighted by atomic mass is 10.2. The van der Waals surface area contributed by atoms with Crippen LogP contribution in [0.1, 0.15) is 6.92 Å². The number of nitro benzene ring substituents is 2. The van der Waals surface area contributed by atoms with E-state index in [0.717, 1.165) is 24.4 Å². The van der Waals surface area contributed by atoms with Crippen molar-refractivity contribution in [1.29, 1.82) is 0 Å². The summed E-state index contributed by atoms with van der Waals surface area (Å²) >= 11 is 0. The van der Waals surface area contributed by atoms with E-state index >= 15 is 0 Å². The van der Waals surface area contributed by atoms with Crippen molar-refractivity contribution >= 4 is 28.4 Å². The number of benzene rings is 2. The lowest BCUT2D eigenvalue weighted by molar-refractivity contribution is -0.393. The molecule has 0 aliphatic carbocycles. The molecule has 0 unspecified atom stereocenters. The summed E-state index contributed by atoms with van der Waals surface area (Å²) in [6, 6.07) is 10.2. The zero-order chi connectivity index (χ0) is 16.8. The van der Waals surface area contributed by atoms with Gasteiger partial charge in [-0.2, -0.15) is 5.11 Å². The molecule has 0 spiro atoms. The van der Waals surface area contributed by atoms with Crippen LogP contribution in [0.4, 0.5) is 28.4 Å². The van der Waals surface area contributed by atoms with Gasteiger partial charge in [0.1, 0.15) is 0 Å². The molecule has 0 bridgehead atoms. The Bertz CT molecular complexity index is 758. The van der Waals surface area contributed by atoms with Gasteiger partial charge in [-0.15, -0.1) is 5.11 Å². The van der Waals surface area contributed by atoms with Crippen LogP contribution in [0.25, 0.3) is 0 Å². The van der Waals surface area contributed by atoms with Gasteiger partial charge in [-0.25, -0.2) is 0 Å². The van der Waals surface area contributed by atoms with Crippen LogP contribution in [0.5, 0.6) is 0 Å². The molecule has 0 aliphatic rings. The Morgan fingerprint density at radius 2 is 1.70 bits per heavy atom. The predicted octanol–water partition coefficient (Wildman–Crippen LogP) is 4.35. The van der Waals surface area contributed by atoms with E-state index in [0.29, 0.717) is 5.69 Å². The van der Waals surface area contributed by atoms with E-state index in [-0.39, 0.29) is 11.4 Å². The van der Waals surface area contributed by atoms with Crippen LogP contribution in [0.15, 0.2) is 52.7 Å². The van der Waals surface area contributed by atoms with Crippen molar-refractivity contribution in [3.8, 4) is 0 Å². The monoisotopic (exact) mass is 315 g/mol. The second-order valence-electron chi connectivity index (χ2n) is 4.46. The van der Waals surface area contributed by atoms with Gasteiger partial charge in [0.05, 0.1) is 21.6 Å². The zero-order valence-electron chi connectivity index (χ0n) is 12.2. The van der Waals surface area contributed by atoms with Crippen LogP contribution in [0.3, 0.4) is 0 Å². The lowest BCUT2D eigenvalue weighted by Gasteiger charge is -2.02. The highest BCUT2D eigenvalue weighted by Crippen LogP contribution is 2.32. The predicted molar refractivity (Wildman–Crippen MR) is 84.5 cm³/mol. The summed E-state index contributed by atoms with van der Waals surface area (Å²) in [6.07, 6.45) is 0. The third-order valence-corrected chi connectivity index (χ3v) is 2.89. The highest BCUT2D eigenvalue weighted by atomic mass is 16.6. The molecule has 0 fully saturated rings. The van der Waals surface area contributed by atoms with Crippen molar-refractivity contribution in [1.82, 2.24) is 0 Å². The second-order valence-corrected chi connectivity index (χ2v) is 4.46. The molecule has 0 aromatic heterocycles. The molecule has 2 rings (SSSR count). The van der Waals surface area contributed by atoms with Crippen molar-refractivity contribution in [3.63, 3.8) is 0 Å². The molecule has 9 nitrogen and oxygen atoms in total. The Labute approximate surface area is 131 Å². The van der Waals surface area contributed by atoms with Crippen LogP contribution in [-0.4, -0.2) is 16.4 Å². The van der Waals surface area contributed by atoms with Gasteiger partial charge in [-0.3, -0.25) is 20.2 Å².